The summed E-state index contributed by atoms with van der Waals surface area (Å²) in [6.45, 7) is 2.80. The Hall–Kier alpha value is -0.420. The Morgan fingerprint density at radius 3 is 2.83 bits per heavy atom. The van der Waals surface area contributed by atoms with Crippen molar-refractivity contribution < 1.29 is 4.39 Å². The van der Waals surface area contributed by atoms with Crippen molar-refractivity contribution in [3.8, 4) is 0 Å². The van der Waals surface area contributed by atoms with Crippen molar-refractivity contribution in [1.82, 2.24) is 5.32 Å². The molecule has 18 heavy (non-hydrogen) atoms. The Morgan fingerprint density at radius 1 is 1.44 bits per heavy atom. The van der Waals surface area contributed by atoms with Gasteiger partial charge in [-0.2, -0.15) is 0 Å². The molecule has 0 aliphatic carbocycles. The first-order valence-electron chi connectivity index (χ1n) is 5.54. The van der Waals surface area contributed by atoms with Gasteiger partial charge in [0.15, 0.2) is 0 Å². The van der Waals surface area contributed by atoms with Gasteiger partial charge in [-0.25, -0.2) is 4.39 Å². The van der Waals surface area contributed by atoms with Crippen molar-refractivity contribution in [2.45, 2.75) is 13.0 Å². The van der Waals surface area contributed by atoms with Gasteiger partial charge >= 0.3 is 0 Å². The van der Waals surface area contributed by atoms with E-state index in [0.717, 1.165) is 21.5 Å². The molecule has 0 amide bonds. The first-order chi connectivity index (χ1) is 8.63. The topological polar surface area (TPSA) is 12.0 Å². The van der Waals surface area contributed by atoms with Crippen LogP contribution in [-0.2, 0) is 0 Å². The molecule has 0 saturated heterocycles. The fraction of sp³-hybridized carbons (Fsp3) is 0.231. The predicted octanol–water partition coefficient (Wildman–Crippen LogP) is 5.00. The quantitative estimate of drug-likeness (QED) is 0.819. The first-order valence-corrected chi connectivity index (χ1v) is 7.59. The van der Waals surface area contributed by atoms with Crippen molar-refractivity contribution in [1.29, 1.82) is 0 Å². The van der Waals surface area contributed by atoms with Crippen molar-refractivity contribution in [2.75, 3.05) is 6.54 Å². The smallest absolute Gasteiger partial charge is 0.123 e. The Balaban J connectivity index is 2.48. The third-order valence-corrected chi connectivity index (χ3v) is 4.73. The maximum absolute atomic E-state index is 13.4. The molecular weight excluding hydrogens is 337 g/mol. The van der Waals surface area contributed by atoms with Crippen molar-refractivity contribution in [3.63, 3.8) is 0 Å². The molecule has 1 atom stereocenters. The number of hydrogen-bond donors (Lipinski definition) is 1. The van der Waals surface area contributed by atoms with Crippen molar-refractivity contribution in [2.24, 2.45) is 0 Å². The van der Waals surface area contributed by atoms with E-state index in [9.17, 15) is 4.39 Å². The maximum atomic E-state index is 13.4. The first kappa shape index (κ1) is 14.0. The van der Waals surface area contributed by atoms with Gasteiger partial charge in [-0.3, -0.25) is 0 Å². The lowest BCUT2D eigenvalue weighted by Crippen LogP contribution is -2.21. The lowest BCUT2D eigenvalue weighted by Gasteiger charge is -2.19. The zero-order valence-electron chi connectivity index (χ0n) is 9.71. The monoisotopic (exact) mass is 347 g/mol. The standard InChI is InChI=1S/C13H12BrClFNS/c1-2-17-12(13-11(15)5-6-18-13)9-7-8(16)3-4-10(9)14/h3-7,12,17H,2H2,1H3. The van der Waals surface area contributed by atoms with Gasteiger partial charge in [0.2, 0.25) is 0 Å². The summed E-state index contributed by atoms with van der Waals surface area (Å²) in [7, 11) is 0. The number of benzene rings is 1. The summed E-state index contributed by atoms with van der Waals surface area (Å²) in [5.74, 6) is -0.246. The normalized spacial score (nSPS) is 12.7. The van der Waals surface area contributed by atoms with E-state index in [0.29, 0.717) is 5.02 Å². The molecule has 5 heteroatoms. The van der Waals surface area contributed by atoms with Crippen LogP contribution in [0.1, 0.15) is 23.4 Å². The van der Waals surface area contributed by atoms with Gasteiger partial charge in [0.1, 0.15) is 5.82 Å². The van der Waals surface area contributed by atoms with E-state index in [4.69, 9.17) is 11.6 Å². The lowest BCUT2D eigenvalue weighted by molar-refractivity contribution is 0.605. The number of rotatable bonds is 4. The SMILES string of the molecule is CCNC(c1cc(F)ccc1Br)c1sccc1Cl. The van der Waals surface area contributed by atoms with Crippen molar-refractivity contribution >= 4 is 38.9 Å². The van der Waals surface area contributed by atoms with E-state index in [2.05, 4.69) is 21.2 Å². The van der Waals surface area contributed by atoms with Crippen LogP contribution >= 0.6 is 38.9 Å². The summed E-state index contributed by atoms with van der Waals surface area (Å²) >= 11 is 11.2. The molecule has 0 spiro atoms. The van der Waals surface area contributed by atoms with E-state index >= 15 is 0 Å². The highest BCUT2D eigenvalue weighted by atomic mass is 79.9. The molecule has 0 aliphatic heterocycles. The molecule has 2 aromatic rings. The molecule has 1 unspecified atom stereocenters. The lowest BCUT2D eigenvalue weighted by atomic mass is 10.1. The molecule has 0 radical (unpaired) electrons. The molecule has 0 saturated carbocycles. The van der Waals surface area contributed by atoms with Crippen LogP contribution in [0.4, 0.5) is 4.39 Å². The summed E-state index contributed by atoms with van der Waals surface area (Å²) in [6.07, 6.45) is 0. The molecule has 0 aliphatic rings. The van der Waals surface area contributed by atoms with Gasteiger partial charge in [-0.15, -0.1) is 11.3 Å². The minimum absolute atomic E-state index is 0.0902. The number of halogens is 3. The Morgan fingerprint density at radius 2 is 2.22 bits per heavy atom. The van der Waals surface area contributed by atoms with Gasteiger partial charge in [0.25, 0.3) is 0 Å². The van der Waals surface area contributed by atoms with Crippen LogP contribution in [0, 0.1) is 5.82 Å². The summed E-state index contributed by atoms with van der Waals surface area (Å²) in [5.41, 5.74) is 0.862. The highest BCUT2D eigenvalue weighted by Crippen LogP contribution is 2.36. The summed E-state index contributed by atoms with van der Waals surface area (Å²) in [4.78, 5) is 1.00. The van der Waals surface area contributed by atoms with E-state index in [-0.39, 0.29) is 11.9 Å². The zero-order valence-corrected chi connectivity index (χ0v) is 12.9. The van der Waals surface area contributed by atoms with Gasteiger partial charge in [0, 0.05) is 9.35 Å². The summed E-state index contributed by atoms with van der Waals surface area (Å²) in [6, 6.07) is 6.46. The predicted molar refractivity (Wildman–Crippen MR) is 78.9 cm³/mol. The minimum atomic E-state index is -0.246. The molecular formula is C13H12BrClFNS. The number of thiophene rings is 1. The summed E-state index contributed by atoms with van der Waals surface area (Å²) < 4.78 is 14.3. The average molecular weight is 349 g/mol. The van der Waals surface area contributed by atoms with Gasteiger partial charge in [0.05, 0.1) is 11.1 Å². The highest BCUT2D eigenvalue weighted by molar-refractivity contribution is 9.10. The zero-order chi connectivity index (χ0) is 13.1. The summed E-state index contributed by atoms with van der Waals surface area (Å²) in [5, 5.41) is 5.99. The van der Waals surface area contributed by atoms with E-state index in [1.165, 1.54) is 12.1 Å². The van der Waals surface area contributed by atoms with Crippen molar-refractivity contribution in [3.05, 3.63) is 55.4 Å². The van der Waals surface area contributed by atoms with Crippen LogP contribution in [0.3, 0.4) is 0 Å². The van der Waals surface area contributed by atoms with Crippen LogP contribution in [0.25, 0.3) is 0 Å². The molecule has 1 aromatic heterocycles. The Labute approximate surface area is 123 Å². The Kier molecular flexibility index (Phi) is 4.78. The van der Waals surface area contributed by atoms with Crippen LogP contribution in [0.2, 0.25) is 5.02 Å². The van der Waals surface area contributed by atoms with Crippen LogP contribution in [-0.4, -0.2) is 6.54 Å². The maximum Gasteiger partial charge on any atom is 0.123 e. The molecule has 96 valence electrons. The minimum Gasteiger partial charge on any atom is -0.306 e. The molecule has 0 fully saturated rings. The fourth-order valence-electron chi connectivity index (χ4n) is 1.80. The third kappa shape index (κ3) is 2.94. The molecule has 1 aromatic carbocycles. The molecule has 1 N–H and O–H groups in total. The highest BCUT2D eigenvalue weighted by Gasteiger charge is 2.20. The van der Waals surface area contributed by atoms with Gasteiger partial charge < -0.3 is 5.32 Å². The van der Waals surface area contributed by atoms with E-state index < -0.39 is 0 Å². The van der Waals surface area contributed by atoms with Crippen LogP contribution in [0.5, 0.6) is 0 Å². The second-order valence-electron chi connectivity index (χ2n) is 3.79. The fourth-order valence-corrected chi connectivity index (χ4v) is 3.53. The van der Waals surface area contributed by atoms with E-state index in [1.807, 2.05) is 18.4 Å². The Bertz CT molecular complexity index is 544. The third-order valence-electron chi connectivity index (χ3n) is 2.58. The molecule has 0 bridgehead atoms. The molecule has 2 rings (SSSR count). The average Bonchev–Trinajstić information content (AvgIpc) is 2.76. The molecule has 1 heterocycles. The van der Waals surface area contributed by atoms with Gasteiger partial charge in [-0.05, 0) is 41.8 Å². The number of nitrogens with one attached hydrogen (secondary N) is 1. The second kappa shape index (κ2) is 6.15. The van der Waals surface area contributed by atoms with Gasteiger partial charge in [-0.1, -0.05) is 34.5 Å². The van der Waals surface area contributed by atoms with Crippen LogP contribution in [0.15, 0.2) is 34.1 Å². The van der Waals surface area contributed by atoms with E-state index in [1.54, 1.807) is 17.4 Å². The van der Waals surface area contributed by atoms with Crippen LogP contribution < -0.4 is 5.32 Å². The second-order valence-corrected chi connectivity index (χ2v) is 6.00. The molecule has 1 nitrogen and oxygen atoms in total. The largest absolute Gasteiger partial charge is 0.306 e. The number of hydrogen-bond acceptors (Lipinski definition) is 2.